The second-order valence-electron chi connectivity index (χ2n) is 5.54. The van der Waals surface area contributed by atoms with Crippen LogP contribution in [0.2, 0.25) is 0 Å². The zero-order valence-electron chi connectivity index (χ0n) is 13.5. The van der Waals surface area contributed by atoms with Crippen molar-refractivity contribution in [2.24, 2.45) is 0 Å². The van der Waals surface area contributed by atoms with Crippen molar-refractivity contribution in [3.05, 3.63) is 46.6 Å². The maximum absolute atomic E-state index is 12.1. The van der Waals surface area contributed by atoms with Gasteiger partial charge in [0.25, 0.3) is 5.91 Å². The summed E-state index contributed by atoms with van der Waals surface area (Å²) < 4.78 is 0. The van der Waals surface area contributed by atoms with E-state index in [1.54, 1.807) is 5.38 Å². The number of hydrogen-bond acceptors (Lipinski definition) is 4. The van der Waals surface area contributed by atoms with Crippen molar-refractivity contribution in [1.82, 2.24) is 15.3 Å². The van der Waals surface area contributed by atoms with Crippen molar-refractivity contribution in [1.29, 1.82) is 0 Å². The number of aryl methyl sites for hydroxylation is 1. The Kier molecular flexibility index (Phi) is 4.61. The zero-order valence-corrected chi connectivity index (χ0v) is 14.3. The third-order valence-electron chi connectivity index (χ3n) is 3.71. The van der Waals surface area contributed by atoms with Gasteiger partial charge in [-0.05, 0) is 24.5 Å². The van der Waals surface area contributed by atoms with Gasteiger partial charge < -0.3 is 15.6 Å². The van der Waals surface area contributed by atoms with Gasteiger partial charge in [-0.1, -0.05) is 18.2 Å². The number of anilines is 1. The van der Waals surface area contributed by atoms with E-state index in [-0.39, 0.29) is 11.8 Å². The Morgan fingerprint density at radius 3 is 2.96 bits per heavy atom. The van der Waals surface area contributed by atoms with E-state index >= 15 is 0 Å². The van der Waals surface area contributed by atoms with Gasteiger partial charge in [0.1, 0.15) is 5.69 Å². The molecule has 7 heteroatoms. The van der Waals surface area contributed by atoms with Gasteiger partial charge in [-0.25, -0.2) is 4.98 Å². The Morgan fingerprint density at radius 1 is 1.33 bits per heavy atom. The van der Waals surface area contributed by atoms with Gasteiger partial charge >= 0.3 is 0 Å². The fourth-order valence-corrected chi connectivity index (χ4v) is 3.29. The molecule has 2 aromatic heterocycles. The van der Waals surface area contributed by atoms with E-state index in [1.807, 2.05) is 12.3 Å². The van der Waals surface area contributed by atoms with Crippen LogP contribution in [0.5, 0.6) is 0 Å². The molecule has 2 amide bonds. The lowest BCUT2D eigenvalue weighted by Crippen LogP contribution is -2.26. The maximum atomic E-state index is 12.1. The van der Waals surface area contributed by atoms with Gasteiger partial charge in [-0.3, -0.25) is 9.59 Å². The number of amides is 2. The summed E-state index contributed by atoms with van der Waals surface area (Å²) in [5.41, 5.74) is 3.83. The number of thiazole rings is 1. The predicted molar refractivity (Wildman–Crippen MR) is 95.5 cm³/mol. The van der Waals surface area contributed by atoms with Crippen LogP contribution in [0, 0.1) is 6.92 Å². The Balaban J connectivity index is 1.59. The molecule has 1 aromatic carbocycles. The van der Waals surface area contributed by atoms with Crippen molar-refractivity contribution in [2.75, 3.05) is 11.9 Å². The Labute approximate surface area is 143 Å². The summed E-state index contributed by atoms with van der Waals surface area (Å²) in [7, 11) is 0. The number of nitrogens with one attached hydrogen (secondary N) is 3. The molecule has 0 aliphatic heterocycles. The summed E-state index contributed by atoms with van der Waals surface area (Å²) in [5.74, 6) is -0.440. The molecule has 0 saturated carbocycles. The van der Waals surface area contributed by atoms with Gasteiger partial charge in [0.2, 0.25) is 5.91 Å². The average molecular weight is 342 g/mol. The minimum absolute atomic E-state index is 0.203. The minimum Gasteiger partial charge on any atom is -0.361 e. The highest BCUT2D eigenvalue weighted by Gasteiger charge is 2.11. The number of rotatable bonds is 5. The summed E-state index contributed by atoms with van der Waals surface area (Å²) >= 11 is 1.23. The summed E-state index contributed by atoms with van der Waals surface area (Å²) in [6.07, 6.45) is 2.72. The van der Waals surface area contributed by atoms with Crippen LogP contribution < -0.4 is 10.6 Å². The SMILES string of the molecule is CC(=O)Nc1nc(C(=O)NCCc2c[nH]c3c(C)cccc23)cs1. The number of H-pyrrole nitrogens is 1. The van der Waals surface area contributed by atoms with Crippen LogP contribution in [0.3, 0.4) is 0 Å². The molecule has 0 atom stereocenters. The Bertz CT molecular complexity index is 897. The normalized spacial score (nSPS) is 10.8. The van der Waals surface area contributed by atoms with Crippen molar-refractivity contribution < 1.29 is 9.59 Å². The number of fused-ring (bicyclic) bond motifs is 1. The molecule has 3 aromatic rings. The smallest absolute Gasteiger partial charge is 0.270 e. The van der Waals surface area contributed by atoms with Crippen LogP contribution in [0.1, 0.15) is 28.5 Å². The van der Waals surface area contributed by atoms with E-state index in [0.29, 0.717) is 17.4 Å². The van der Waals surface area contributed by atoms with E-state index in [9.17, 15) is 9.59 Å². The largest absolute Gasteiger partial charge is 0.361 e. The average Bonchev–Trinajstić information content (AvgIpc) is 3.15. The van der Waals surface area contributed by atoms with Crippen LogP contribution >= 0.6 is 11.3 Å². The highest BCUT2D eigenvalue weighted by atomic mass is 32.1. The molecule has 0 radical (unpaired) electrons. The van der Waals surface area contributed by atoms with Gasteiger partial charge in [0, 0.05) is 35.9 Å². The van der Waals surface area contributed by atoms with Crippen molar-refractivity contribution in [2.45, 2.75) is 20.3 Å². The third-order valence-corrected chi connectivity index (χ3v) is 4.47. The number of aromatic amines is 1. The maximum Gasteiger partial charge on any atom is 0.270 e. The number of carbonyl (C=O) groups excluding carboxylic acids is 2. The molecule has 0 unspecified atom stereocenters. The first-order valence-corrected chi connectivity index (χ1v) is 8.49. The lowest BCUT2D eigenvalue weighted by molar-refractivity contribution is -0.114. The lowest BCUT2D eigenvalue weighted by Gasteiger charge is -2.03. The zero-order chi connectivity index (χ0) is 17.1. The summed E-state index contributed by atoms with van der Waals surface area (Å²) in [6.45, 7) is 4.00. The first-order valence-electron chi connectivity index (χ1n) is 7.61. The van der Waals surface area contributed by atoms with Crippen LogP contribution in [-0.2, 0) is 11.2 Å². The first kappa shape index (κ1) is 16.2. The highest BCUT2D eigenvalue weighted by molar-refractivity contribution is 7.14. The molecule has 0 aliphatic carbocycles. The summed E-state index contributed by atoms with van der Waals surface area (Å²) in [4.78, 5) is 30.5. The van der Waals surface area contributed by atoms with Crippen molar-refractivity contribution in [3.8, 4) is 0 Å². The molecule has 0 saturated heterocycles. The highest BCUT2D eigenvalue weighted by Crippen LogP contribution is 2.21. The number of para-hydroxylation sites is 1. The molecule has 0 spiro atoms. The number of carbonyl (C=O) groups is 2. The van der Waals surface area contributed by atoms with E-state index in [1.165, 1.54) is 34.8 Å². The predicted octanol–water partition coefficient (Wildman–Crippen LogP) is 2.86. The molecule has 3 rings (SSSR count). The summed E-state index contributed by atoms with van der Waals surface area (Å²) in [5, 5.41) is 8.68. The molecule has 6 nitrogen and oxygen atoms in total. The molecule has 0 aliphatic rings. The molecular weight excluding hydrogens is 324 g/mol. The van der Waals surface area contributed by atoms with Gasteiger partial charge in [-0.15, -0.1) is 11.3 Å². The molecule has 0 bridgehead atoms. The molecule has 0 fully saturated rings. The molecule has 24 heavy (non-hydrogen) atoms. The summed E-state index contributed by atoms with van der Waals surface area (Å²) in [6, 6.07) is 6.18. The Hall–Kier alpha value is -2.67. The number of aromatic nitrogens is 2. The van der Waals surface area contributed by atoms with Gasteiger partial charge in [0.05, 0.1) is 0 Å². The van der Waals surface area contributed by atoms with Crippen LogP contribution in [0.25, 0.3) is 10.9 Å². The fraction of sp³-hybridized carbons (Fsp3) is 0.235. The second kappa shape index (κ2) is 6.84. The molecule has 124 valence electrons. The third kappa shape index (κ3) is 3.46. The minimum atomic E-state index is -0.237. The lowest BCUT2D eigenvalue weighted by atomic mass is 10.1. The molecule has 3 N–H and O–H groups in total. The number of hydrogen-bond donors (Lipinski definition) is 3. The van der Waals surface area contributed by atoms with E-state index < -0.39 is 0 Å². The monoisotopic (exact) mass is 342 g/mol. The number of benzene rings is 1. The van der Waals surface area contributed by atoms with Crippen LogP contribution in [0.15, 0.2) is 29.8 Å². The molecule has 2 heterocycles. The number of nitrogens with zero attached hydrogens (tertiary/aromatic N) is 1. The van der Waals surface area contributed by atoms with E-state index in [4.69, 9.17) is 0 Å². The van der Waals surface area contributed by atoms with Crippen molar-refractivity contribution in [3.63, 3.8) is 0 Å². The van der Waals surface area contributed by atoms with E-state index in [0.717, 1.165) is 11.9 Å². The Morgan fingerprint density at radius 2 is 2.17 bits per heavy atom. The second-order valence-corrected chi connectivity index (χ2v) is 6.39. The molecular formula is C17H18N4O2S. The standard InChI is InChI=1S/C17H18N4O2S/c1-10-4-3-5-13-12(8-19-15(10)13)6-7-18-16(23)14-9-24-17(21-14)20-11(2)22/h3-5,8-9,19H,6-7H2,1-2H3,(H,18,23)(H,20,21,22). The first-order chi connectivity index (χ1) is 11.5. The fourth-order valence-electron chi connectivity index (χ4n) is 2.56. The van der Waals surface area contributed by atoms with Crippen molar-refractivity contribution >= 4 is 39.2 Å². The van der Waals surface area contributed by atoms with Gasteiger partial charge in [-0.2, -0.15) is 0 Å². The van der Waals surface area contributed by atoms with Crippen LogP contribution in [0.4, 0.5) is 5.13 Å². The van der Waals surface area contributed by atoms with E-state index in [2.05, 4.69) is 39.7 Å². The quantitative estimate of drug-likeness (QED) is 0.666. The van der Waals surface area contributed by atoms with Gasteiger partial charge in [0.15, 0.2) is 5.13 Å². The topological polar surface area (TPSA) is 86.9 Å². The van der Waals surface area contributed by atoms with Crippen LogP contribution in [-0.4, -0.2) is 28.3 Å².